The lowest BCUT2D eigenvalue weighted by molar-refractivity contribution is -0.268. The van der Waals surface area contributed by atoms with Crippen LogP contribution in [0.2, 0.25) is 0 Å². The number of benzene rings is 3. The van der Waals surface area contributed by atoms with E-state index in [0.717, 1.165) is 11.8 Å². The number of carbonyl (C=O) groups excluding carboxylic acids is 2. The van der Waals surface area contributed by atoms with Crippen molar-refractivity contribution in [2.45, 2.75) is 31.2 Å². The van der Waals surface area contributed by atoms with E-state index >= 15 is 0 Å². The average Bonchev–Trinajstić information content (AvgIpc) is 2.90. The van der Waals surface area contributed by atoms with Gasteiger partial charge in [-0.15, -0.1) is 0 Å². The van der Waals surface area contributed by atoms with Crippen molar-refractivity contribution in [1.82, 2.24) is 0 Å². The third kappa shape index (κ3) is 7.46. The maximum atomic E-state index is 13.0. The summed E-state index contributed by atoms with van der Waals surface area (Å²) in [4.78, 5) is 26.0. The van der Waals surface area contributed by atoms with E-state index in [1.807, 2.05) is 30.3 Å². The first kappa shape index (κ1) is 26.5. The van der Waals surface area contributed by atoms with E-state index in [-0.39, 0.29) is 24.3 Å². The summed E-state index contributed by atoms with van der Waals surface area (Å²) in [6, 6.07) is 25.6. The SMILES string of the molecule is CS(=O)(=O)O[C@H]1CO[C@H](OCc2ccccc2)[C@H](OC(=O)c2ccccc2)[C@H]1OC(=O)c1ccccc1. The van der Waals surface area contributed by atoms with Gasteiger partial charge in [-0.25, -0.2) is 9.59 Å². The van der Waals surface area contributed by atoms with Crippen molar-refractivity contribution in [2.75, 3.05) is 12.9 Å². The van der Waals surface area contributed by atoms with Crippen molar-refractivity contribution in [1.29, 1.82) is 0 Å². The molecule has 1 aliphatic rings. The smallest absolute Gasteiger partial charge is 0.338 e. The van der Waals surface area contributed by atoms with Gasteiger partial charge in [0.1, 0.15) is 6.10 Å². The highest BCUT2D eigenvalue weighted by atomic mass is 32.2. The van der Waals surface area contributed by atoms with Crippen molar-refractivity contribution in [3.63, 3.8) is 0 Å². The molecule has 0 amide bonds. The molecule has 0 radical (unpaired) electrons. The van der Waals surface area contributed by atoms with Gasteiger partial charge in [0.25, 0.3) is 10.1 Å². The molecule has 1 saturated heterocycles. The van der Waals surface area contributed by atoms with E-state index in [9.17, 15) is 18.0 Å². The van der Waals surface area contributed by atoms with Crippen LogP contribution in [0.15, 0.2) is 91.0 Å². The summed E-state index contributed by atoms with van der Waals surface area (Å²) in [6.45, 7) is -0.194. The molecule has 0 spiro atoms. The van der Waals surface area contributed by atoms with Gasteiger partial charge < -0.3 is 18.9 Å². The first-order valence-electron chi connectivity index (χ1n) is 11.5. The summed E-state index contributed by atoms with van der Waals surface area (Å²) in [5.41, 5.74) is 1.29. The maximum absolute atomic E-state index is 13.0. The summed E-state index contributed by atoms with van der Waals surface area (Å²) in [5.74, 6) is -1.49. The van der Waals surface area contributed by atoms with Crippen LogP contribution in [0.4, 0.5) is 0 Å². The minimum atomic E-state index is -3.99. The zero-order valence-corrected chi connectivity index (χ0v) is 20.8. The van der Waals surface area contributed by atoms with E-state index in [1.165, 1.54) is 0 Å². The highest BCUT2D eigenvalue weighted by molar-refractivity contribution is 7.86. The number of hydrogen-bond acceptors (Lipinski definition) is 9. The second kappa shape index (κ2) is 12.1. The van der Waals surface area contributed by atoms with E-state index in [2.05, 4.69) is 0 Å². The van der Waals surface area contributed by atoms with E-state index in [0.29, 0.717) is 0 Å². The molecule has 3 aromatic carbocycles. The Bertz CT molecular complexity index is 1280. The van der Waals surface area contributed by atoms with Crippen LogP contribution in [0.5, 0.6) is 0 Å². The number of ether oxygens (including phenoxy) is 4. The minimum Gasteiger partial charge on any atom is -0.452 e. The fraction of sp³-hybridized carbons (Fsp3) is 0.259. The zero-order valence-electron chi connectivity index (χ0n) is 20.0. The topological polar surface area (TPSA) is 114 Å². The van der Waals surface area contributed by atoms with Gasteiger partial charge in [0.05, 0.1) is 30.6 Å². The predicted molar refractivity (Wildman–Crippen MR) is 132 cm³/mol. The molecule has 3 aromatic rings. The second-order valence-corrected chi connectivity index (χ2v) is 9.91. The zero-order chi connectivity index (χ0) is 26.3. The molecule has 9 nitrogen and oxygen atoms in total. The largest absolute Gasteiger partial charge is 0.452 e. The fourth-order valence-electron chi connectivity index (χ4n) is 3.75. The third-order valence-electron chi connectivity index (χ3n) is 5.44. The predicted octanol–water partition coefficient (Wildman–Crippen LogP) is 3.36. The average molecular weight is 527 g/mol. The molecule has 0 bridgehead atoms. The standard InChI is InChI=1S/C27H26O9S/c1-37(30,31)36-22-18-33-27(32-17-19-11-5-2-6-12-19)24(35-26(29)21-15-9-4-10-16-21)23(22)34-25(28)20-13-7-3-8-14-20/h2-16,22-24,27H,17-18H2,1H3/t22-,23-,24+,27-/m0/s1. The quantitative estimate of drug-likeness (QED) is 0.306. The fourth-order valence-corrected chi connectivity index (χ4v) is 4.36. The van der Waals surface area contributed by atoms with Crippen LogP contribution in [0.1, 0.15) is 26.3 Å². The normalized spacial score (nSPS) is 21.6. The van der Waals surface area contributed by atoms with Crippen LogP contribution in [0, 0.1) is 0 Å². The number of rotatable bonds is 9. The molecule has 194 valence electrons. The Labute approximate surface area is 215 Å². The summed E-state index contributed by atoms with van der Waals surface area (Å²) in [6.07, 6.45) is -4.30. The van der Waals surface area contributed by atoms with Crippen LogP contribution < -0.4 is 0 Å². The minimum absolute atomic E-state index is 0.0991. The Hall–Kier alpha value is -3.57. The molecule has 10 heteroatoms. The van der Waals surface area contributed by atoms with Crippen molar-refractivity contribution in [3.05, 3.63) is 108 Å². The summed E-state index contributed by atoms with van der Waals surface area (Å²) < 4.78 is 52.2. The molecule has 1 heterocycles. The van der Waals surface area contributed by atoms with Gasteiger partial charge in [-0.3, -0.25) is 4.18 Å². The van der Waals surface area contributed by atoms with Crippen molar-refractivity contribution in [3.8, 4) is 0 Å². The van der Waals surface area contributed by atoms with Crippen LogP contribution in [0.25, 0.3) is 0 Å². The van der Waals surface area contributed by atoms with Crippen LogP contribution in [-0.4, -0.2) is 57.8 Å². The molecule has 4 rings (SSSR count). The van der Waals surface area contributed by atoms with Gasteiger partial charge in [-0.05, 0) is 29.8 Å². The maximum Gasteiger partial charge on any atom is 0.338 e. The third-order valence-corrected chi connectivity index (χ3v) is 6.04. The molecule has 0 aromatic heterocycles. The molecule has 1 aliphatic heterocycles. The van der Waals surface area contributed by atoms with Crippen molar-refractivity contribution >= 4 is 22.1 Å². The monoisotopic (exact) mass is 526 g/mol. The van der Waals surface area contributed by atoms with Gasteiger partial charge in [-0.1, -0.05) is 66.7 Å². The molecular formula is C27H26O9S. The highest BCUT2D eigenvalue weighted by Crippen LogP contribution is 2.28. The van der Waals surface area contributed by atoms with Crippen molar-refractivity contribution in [2.24, 2.45) is 0 Å². The molecule has 4 atom stereocenters. The Morgan fingerprint density at radius 2 is 1.27 bits per heavy atom. The van der Waals surface area contributed by atoms with Crippen molar-refractivity contribution < 1.29 is 41.1 Å². The van der Waals surface area contributed by atoms with Gasteiger partial charge in [0.15, 0.2) is 18.5 Å². The van der Waals surface area contributed by atoms with Gasteiger partial charge in [-0.2, -0.15) is 8.42 Å². The lowest BCUT2D eigenvalue weighted by Gasteiger charge is -2.40. The molecule has 37 heavy (non-hydrogen) atoms. The lowest BCUT2D eigenvalue weighted by atomic mass is 10.0. The Balaban J connectivity index is 1.64. The number of esters is 2. The number of hydrogen-bond donors (Lipinski definition) is 0. The molecule has 0 unspecified atom stereocenters. The molecule has 0 N–H and O–H groups in total. The van der Waals surface area contributed by atoms with Crippen LogP contribution in [-0.2, 0) is 39.9 Å². The Morgan fingerprint density at radius 1 is 0.784 bits per heavy atom. The summed E-state index contributed by atoms with van der Waals surface area (Å²) in [7, 11) is -3.99. The second-order valence-electron chi connectivity index (χ2n) is 8.31. The molecule has 1 fully saturated rings. The Morgan fingerprint density at radius 3 is 1.78 bits per heavy atom. The van der Waals surface area contributed by atoms with Gasteiger partial charge in [0.2, 0.25) is 0 Å². The summed E-state index contributed by atoms with van der Waals surface area (Å²) >= 11 is 0. The van der Waals surface area contributed by atoms with Crippen LogP contribution >= 0.6 is 0 Å². The van der Waals surface area contributed by atoms with E-state index in [1.54, 1.807) is 60.7 Å². The first-order valence-corrected chi connectivity index (χ1v) is 13.3. The number of carbonyl (C=O) groups is 2. The molecule has 0 saturated carbocycles. The first-order chi connectivity index (χ1) is 17.8. The van der Waals surface area contributed by atoms with Gasteiger partial charge >= 0.3 is 11.9 Å². The Kier molecular flexibility index (Phi) is 8.67. The van der Waals surface area contributed by atoms with E-state index in [4.69, 9.17) is 23.1 Å². The van der Waals surface area contributed by atoms with Crippen LogP contribution in [0.3, 0.4) is 0 Å². The highest BCUT2D eigenvalue weighted by Gasteiger charge is 2.48. The van der Waals surface area contributed by atoms with Gasteiger partial charge in [0, 0.05) is 0 Å². The lowest BCUT2D eigenvalue weighted by Crippen LogP contribution is -2.58. The molecular weight excluding hydrogens is 500 g/mol. The molecule has 0 aliphatic carbocycles. The summed E-state index contributed by atoms with van der Waals surface area (Å²) in [5, 5.41) is 0. The van der Waals surface area contributed by atoms with E-state index < -0.39 is 46.7 Å².